The van der Waals surface area contributed by atoms with Crippen LogP contribution >= 0.6 is 0 Å². The molecule has 0 aromatic carbocycles. The summed E-state index contributed by atoms with van der Waals surface area (Å²) in [5.41, 5.74) is 1.44. The van der Waals surface area contributed by atoms with Crippen molar-refractivity contribution in [2.75, 3.05) is 7.11 Å². The summed E-state index contributed by atoms with van der Waals surface area (Å²) in [6.45, 7) is 2.20. The van der Waals surface area contributed by atoms with E-state index in [1.165, 1.54) is 18.4 Å². The SMILES string of the molecule is CCCC1=CC=CCC1OC. The topological polar surface area (TPSA) is 9.23 Å². The predicted molar refractivity (Wildman–Crippen MR) is 47.5 cm³/mol. The minimum atomic E-state index is 0.347. The molecule has 1 atom stereocenters. The highest BCUT2D eigenvalue weighted by atomic mass is 16.5. The Kier molecular flexibility index (Phi) is 3.37. The summed E-state index contributed by atoms with van der Waals surface area (Å²) in [4.78, 5) is 0. The zero-order valence-corrected chi connectivity index (χ0v) is 7.34. The number of allylic oxidation sites excluding steroid dienone is 2. The molecule has 0 bridgehead atoms. The molecule has 0 N–H and O–H groups in total. The summed E-state index contributed by atoms with van der Waals surface area (Å²) in [7, 11) is 1.79. The molecule has 1 aliphatic carbocycles. The highest BCUT2D eigenvalue weighted by Gasteiger charge is 2.12. The van der Waals surface area contributed by atoms with E-state index in [1.54, 1.807) is 7.11 Å². The lowest BCUT2D eigenvalue weighted by Gasteiger charge is -2.19. The molecule has 0 spiro atoms. The van der Waals surface area contributed by atoms with Gasteiger partial charge in [-0.15, -0.1) is 0 Å². The zero-order valence-electron chi connectivity index (χ0n) is 7.34. The summed E-state index contributed by atoms with van der Waals surface area (Å²) in [5, 5.41) is 0. The smallest absolute Gasteiger partial charge is 0.0818 e. The third-order valence-corrected chi connectivity index (χ3v) is 2.03. The third-order valence-electron chi connectivity index (χ3n) is 2.03. The van der Waals surface area contributed by atoms with Gasteiger partial charge in [0.05, 0.1) is 6.10 Å². The van der Waals surface area contributed by atoms with Crippen LogP contribution in [-0.4, -0.2) is 13.2 Å². The fraction of sp³-hybridized carbons (Fsp3) is 0.600. The highest BCUT2D eigenvalue weighted by molar-refractivity contribution is 5.22. The van der Waals surface area contributed by atoms with Crippen LogP contribution in [0.2, 0.25) is 0 Å². The number of rotatable bonds is 3. The van der Waals surface area contributed by atoms with E-state index >= 15 is 0 Å². The predicted octanol–water partition coefficient (Wildman–Crippen LogP) is 2.69. The van der Waals surface area contributed by atoms with Crippen LogP contribution in [0.1, 0.15) is 26.2 Å². The average molecular weight is 152 g/mol. The van der Waals surface area contributed by atoms with Crippen molar-refractivity contribution >= 4 is 0 Å². The van der Waals surface area contributed by atoms with E-state index in [4.69, 9.17) is 4.74 Å². The van der Waals surface area contributed by atoms with Crippen LogP contribution < -0.4 is 0 Å². The van der Waals surface area contributed by atoms with Crippen LogP contribution in [0.15, 0.2) is 23.8 Å². The van der Waals surface area contributed by atoms with Gasteiger partial charge in [0.15, 0.2) is 0 Å². The maximum absolute atomic E-state index is 5.34. The first-order valence-electron chi connectivity index (χ1n) is 4.27. The molecule has 0 aliphatic heterocycles. The highest BCUT2D eigenvalue weighted by Crippen LogP contribution is 2.19. The lowest BCUT2D eigenvalue weighted by atomic mass is 9.98. The van der Waals surface area contributed by atoms with Crippen LogP contribution in [0, 0.1) is 0 Å². The Bertz CT molecular complexity index is 168. The van der Waals surface area contributed by atoms with E-state index in [0.29, 0.717) is 6.10 Å². The first-order valence-corrected chi connectivity index (χ1v) is 4.27. The van der Waals surface area contributed by atoms with Crippen LogP contribution in [-0.2, 0) is 4.74 Å². The van der Waals surface area contributed by atoms with Crippen LogP contribution in [0.4, 0.5) is 0 Å². The first kappa shape index (κ1) is 8.54. The fourth-order valence-corrected chi connectivity index (χ4v) is 1.43. The molecule has 0 saturated heterocycles. The first-order chi connectivity index (χ1) is 5.38. The van der Waals surface area contributed by atoms with Crippen molar-refractivity contribution in [1.29, 1.82) is 0 Å². The average Bonchev–Trinajstić information content (AvgIpc) is 2.06. The van der Waals surface area contributed by atoms with Crippen molar-refractivity contribution in [3.8, 4) is 0 Å². The van der Waals surface area contributed by atoms with Crippen molar-refractivity contribution in [3.05, 3.63) is 23.8 Å². The molecule has 11 heavy (non-hydrogen) atoms. The number of hydrogen-bond donors (Lipinski definition) is 0. The molecule has 0 saturated carbocycles. The molecule has 0 heterocycles. The Morgan fingerprint density at radius 3 is 3.09 bits per heavy atom. The largest absolute Gasteiger partial charge is 0.377 e. The van der Waals surface area contributed by atoms with Gasteiger partial charge in [-0.1, -0.05) is 31.6 Å². The lowest BCUT2D eigenvalue weighted by molar-refractivity contribution is 0.130. The van der Waals surface area contributed by atoms with Crippen LogP contribution in [0.25, 0.3) is 0 Å². The zero-order chi connectivity index (χ0) is 8.10. The van der Waals surface area contributed by atoms with Gasteiger partial charge in [-0.25, -0.2) is 0 Å². The van der Waals surface area contributed by atoms with E-state index < -0.39 is 0 Å². The molecule has 1 heteroatoms. The molecular weight excluding hydrogens is 136 g/mol. The molecule has 0 aromatic rings. The van der Waals surface area contributed by atoms with E-state index in [1.807, 2.05) is 0 Å². The third kappa shape index (κ3) is 2.19. The Balaban J connectivity index is 2.55. The molecule has 1 unspecified atom stereocenters. The molecule has 0 fully saturated rings. The second kappa shape index (κ2) is 4.35. The van der Waals surface area contributed by atoms with E-state index in [2.05, 4.69) is 25.2 Å². The van der Waals surface area contributed by atoms with Gasteiger partial charge in [0, 0.05) is 7.11 Å². The minimum absolute atomic E-state index is 0.347. The molecule has 1 nitrogen and oxygen atoms in total. The Morgan fingerprint density at radius 1 is 1.64 bits per heavy atom. The lowest BCUT2D eigenvalue weighted by Crippen LogP contribution is -2.14. The maximum Gasteiger partial charge on any atom is 0.0818 e. The number of methoxy groups -OCH3 is 1. The van der Waals surface area contributed by atoms with Crippen molar-refractivity contribution < 1.29 is 4.74 Å². The summed E-state index contributed by atoms with van der Waals surface area (Å²) in [6.07, 6.45) is 10.2. The van der Waals surface area contributed by atoms with Crippen molar-refractivity contribution in [1.82, 2.24) is 0 Å². The van der Waals surface area contributed by atoms with Gasteiger partial charge < -0.3 is 4.74 Å². The van der Waals surface area contributed by atoms with Crippen molar-refractivity contribution in [2.24, 2.45) is 0 Å². The van der Waals surface area contributed by atoms with E-state index in [0.717, 1.165) is 6.42 Å². The Morgan fingerprint density at radius 2 is 2.45 bits per heavy atom. The summed E-state index contributed by atoms with van der Waals surface area (Å²) < 4.78 is 5.34. The number of hydrogen-bond acceptors (Lipinski definition) is 1. The summed E-state index contributed by atoms with van der Waals surface area (Å²) >= 11 is 0. The molecule has 0 aromatic heterocycles. The van der Waals surface area contributed by atoms with Gasteiger partial charge in [-0.3, -0.25) is 0 Å². The molecule has 0 amide bonds. The molecule has 62 valence electrons. The second-order valence-electron chi connectivity index (χ2n) is 2.88. The van der Waals surface area contributed by atoms with Gasteiger partial charge in [0.1, 0.15) is 0 Å². The summed E-state index contributed by atoms with van der Waals surface area (Å²) in [6, 6.07) is 0. The Hall–Kier alpha value is -0.560. The van der Waals surface area contributed by atoms with Gasteiger partial charge in [-0.2, -0.15) is 0 Å². The van der Waals surface area contributed by atoms with E-state index in [-0.39, 0.29) is 0 Å². The summed E-state index contributed by atoms with van der Waals surface area (Å²) in [5.74, 6) is 0. The van der Waals surface area contributed by atoms with Crippen molar-refractivity contribution in [2.45, 2.75) is 32.3 Å². The quantitative estimate of drug-likeness (QED) is 0.604. The van der Waals surface area contributed by atoms with E-state index in [9.17, 15) is 0 Å². The van der Waals surface area contributed by atoms with Gasteiger partial charge in [0.2, 0.25) is 0 Å². The monoisotopic (exact) mass is 152 g/mol. The molecule has 1 aliphatic rings. The maximum atomic E-state index is 5.34. The van der Waals surface area contributed by atoms with Gasteiger partial charge in [0.25, 0.3) is 0 Å². The molecular formula is C10H16O. The Labute approximate surface area is 68.8 Å². The van der Waals surface area contributed by atoms with Crippen LogP contribution in [0.5, 0.6) is 0 Å². The minimum Gasteiger partial charge on any atom is -0.377 e. The molecule has 1 rings (SSSR count). The van der Waals surface area contributed by atoms with Gasteiger partial charge >= 0.3 is 0 Å². The van der Waals surface area contributed by atoms with Crippen molar-refractivity contribution in [3.63, 3.8) is 0 Å². The normalized spacial score (nSPS) is 23.5. The second-order valence-corrected chi connectivity index (χ2v) is 2.88. The van der Waals surface area contributed by atoms with Gasteiger partial charge in [-0.05, 0) is 18.4 Å². The standard InChI is InChI=1S/C10H16O/c1-3-6-9-7-4-5-8-10(9)11-2/h4-5,7,10H,3,6,8H2,1-2H3. The van der Waals surface area contributed by atoms with Crippen LogP contribution in [0.3, 0.4) is 0 Å². The number of ether oxygens (including phenoxy) is 1. The molecule has 0 radical (unpaired) electrons. The fourth-order valence-electron chi connectivity index (χ4n) is 1.43.